The van der Waals surface area contributed by atoms with Gasteiger partial charge in [-0.2, -0.15) is 13.2 Å². The van der Waals surface area contributed by atoms with Gasteiger partial charge in [0.05, 0.1) is 5.92 Å². The fourth-order valence-electron chi connectivity index (χ4n) is 2.49. The minimum absolute atomic E-state index is 0.0156. The minimum Gasteiger partial charge on any atom is -0.339 e. The number of nitrogens with zero attached hydrogens (tertiary/aromatic N) is 1. The predicted molar refractivity (Wildman–Crippen MR) is 84.7 cm³/mol. The Kier molecular flexibility index (Phi) is 5.34. The molecular formula is C16H18F3N3O3. The standard InChI is InChI=1S/C16H18F3N3O3/c1-9(2)22-8-10(7-13(22)23)14(24)20-11-3-5-12(6-4-11)21-15(25)16(17,18)19/h3-6,9-10H,7-8H2,1-2H3,(H,20,24)(H,21,25). The summed E-state index contributed by atoms with van der Waals surface area (Å²) in [6.45, 7) is 4.07. The van der Waals surface area contributed by atoms with Crippen molar-refractivity contribution in [1.82, 2.24) is 4.90 Å². The van der Waals surface area contributed by atoms with Crippen LogP contribution in [0.4, 0.5) is 24.5 Å². The number of hydrogen-bond acceptors (Lipinski definition) is 3. The molecule has 3 amide bonds. The molecule has 0 radical (unpaired) electrons. The molecule has 6 nitrogen and oxygen atoms in total. The molecule has 0 bridgehead atoms. The number of nitrogens with one attached hydrogen (secondary N) is 2. The Morgan fingerprint density at radius 3 is 2.08 bits per heavy atom. The Balaban J connectivity index is 1.94. The Morgan fingerprint density at radius 2 is 1.64 bits per heavy atom. The SMILES string of the molecule is CC(C)N1CC(C(=O)Nc2ccc(NC(=O)C(F)(F)F)cc2)CC1=O. The van der Waals surface area contributed by atoms with Crippen LogP contribution in [0.15, 0.2) is 24.3 Å². The number of rotatable bonds is 4. The van der Waals surface area contributed by atoms with E-state index in [2.05, 4.69) is 5.32 Å². The van der Waals surface area contributed by atoms with Gasteiger partial charge < -0.3 is 15.5 Å². The summed E-state index contributed by atoms with van der Waals surface area (Å²) in [6, 6.07) is 5.27. The van der Waals surface area contributed by atoms with Crippen LogP contribution in [0.3, 0.4) is 0 Å². The van der Waals surface area contributed by atoms with E-state index in [1.54, 1.807) is 10.2 Å². The van der Waals surface area contributed by atoms with Gasteiger partial charge >= 0.3 is 12.1 Å². The van der Waals surface area contributed by atoms with Gasteiger partial charge in [-0.1, -0.05) is 0 Å². The van der Waals surface area contributed by atoms with E-state index in [0.29, 0.717) is 12.2 Å². The lowest BCUT2D eigenvalue weighted by molar-refractivity contribution is -0.167. The minimum atomic E-state index is -4.97. The van der Waals surface area contributed by atoms with Gasteiger partial charge in [0, 0.05) is 30.4 Å². The number of carbonyl (C=O) groups excluding carboxylic acids is 3. The highest BCUT2D eigenvalue weighted by molar-refractivity contribution is 5.98. The Hall–Kier alpha value is -2.58. The number of hydrogen-bond donors (Lipinski definition) is 2. The van der Waals surface area contributed by atoms with E-state index in [1.165, 1.54) is 24.3 Å². The van der Waals surface area contributed by atoms with Crippen molar-refractivity contribution in [2.24, 2.45) is 5.92 Å². The first-order valence-corrected chi connectivity index (χ1v) is 7.66. The molecule has 1 aromatic carbocycles. The molecular weight excluding hydrogens is 339 g/mol. The smallest absolute Gasteiger partial charge is 0.339 e. The molecule has 2 rings (SSSR count). The fraction of sp³-hybridized carbons (Fsp3) is 0.438. The molecule has 136 valence electrons. The van der Waals surface area contributed by atoms with Crippen LogP contribution in [-0.4, -0.2) is 41.4 Å². The average Bonchev–Trinajstić information content (AvgIpc) is 2.90. The zero-order chi connectivity index (χ0) is 18.8. The summed E-state index contributed by atoms with van der Waals surface area (Å²) in [7, 11) is 0. The average molecular weight is 357 g/mol. The van der Waals surface area contributed by atoms with E-state index >= 15 is 0 Å². The molecule has 9 heteroatoms. The molecule has 1 aromatic rings. The summed E-state index contributed by atoms with van der Waals surface area (Å²) in [4.78, 5) is 36.5. The van der Waals surface area contributed by atoms with Gasteiger partial charge in [-0.15, -0.1) is 0 Å². The molecule has 1 saturated heterocycles. The van der Waals surface area contributed by atoms with Gasteiger partial charge in [-0.25, -0.2) is 0 Å². The van der Waals surface area contributed by atoms with Crippen molar-refractivity contribution in [3.05, 3.63) is 24.3 Å². The van der Waals surface area contributed by atoms with Crippen LogP contribution in [0, 0.1) is 5.92 Å². The van der Waals surface area contributed by atoms with Crippen LogP contribution in [0.1, 0.15) is 20.3 Å². The van der Waals surface area contributed by atoms with Crippen LogP contribution in [0.5, 0.6) is 0 Å². The molecule has 2 N–H and O–H groups in total. The summed E-state index contributed by atoms with van der Waals surface area (Å²) < 4.78 is 36.5. The zero-order valence-electron chi connectivity index (χ0n) is 13.7. The van der Waals surface area contributed by atoms with Gasteiger partial charge in [0.25, 0.3) is 0 Å². The predicted octanol–water partition coefficient (Wildman–Crippen LogP) is 2.38. The first kappa shape index (κ1) is 18.8. The summed E-state index contributed by atoms with van der Waals surface area (Å²) in [5, 5.41) is 4.34. The van der Waals surface area contributed by atoms with Crippen molar-refractivity contribution in [1.29, 1.82) is 0 Å². The van der Waals surface area contributed by atoms with Crippen molar-refractivity contribution < 1.29 is 27.6 Å². The van der Waals surface area contributed by atoms with Gasteiger partial charge in [-0.3, -0.25) is 14.4 Å². The van der Waals surface area contributed by atoms with Crippen molar-refractivity contribution in [2.75, 3.05) is 17.2 Å². The second kappa shape index (κ2) is 7.12. The van der Waals surface area contributed by atoms with E-state index in [1.807, 2.05) is 13.8 Å². The summed E-state index contributed by atoms with van der Waals surface area (Å²) >= 11 is 0. The lowest BCUT2D eigenvalue weighted by Crippen LogP contribution is -2.33. The first-order valence-electron chi connectivity index (χ1n) is 7.66. The summed E-state index contributed by atoms with van der Waals surface area (Å²) in [5.41, 5.74) is 0.327. The maximum Gasteiger partial charge on any atom is 0.471 e. The molecule has 1 aliphatic rings. The van der Waals surface area contributed by atoms with Gasteiger partial charge in [-0.05, 0) is 38.1 Å². The number of amides is 3. The molecule has 1 heterocycles. The number of anilines is 2. The van der Waals surface area contributed by atoms with Crippen LogP contribution in [-0.2, 0) is 14.4 Å². The highest BCUT2D eigenvalue weighted by Crippen LogP contribution is 2.23. The number of benzene rings is 1. The third-order valence-corrected chi connectivity index (χ3v) is 3.82. The van der Waals surface area contributed by atoms with Gasteiger partial charge in [0.15, 0.2) is 0 Å². The second-order valence-electron chi connectivity index (χ2n) is 6.06. The summed E-state index contributed by atoms with van der Waals surface area (Å²) in [6.07, 6.45) is -4.84. The largest absolute Gasteiger partial charge is 0.471 e. The van der Waals surface area contributed by atoms with Crippen molar-refractivity contribution in [3.63, 3.8) is 0 Å². The highest BCUT2D eigenvalue weighted by atomic mass is 19.4. The van der Waals surface area contributed by atoms with Crippen LogP contribution < -0.4 is 10.6 Å². The quantitative estimate of drug-likeness (QED) is 0.868. The number of alkyl halides is 3. The van der Waals surface area contributed by atoms with Crippen molar-refractivity contribution >= 4 is 29.1 Å². The maximum atomic E-state index is 12.2. The maximum absolute atomic E-state index is 12.2. The third kappa shape index (κ3) is 4.71. The normalized spacial score (nSPS) is 17.8. The highest BCUT2D eigenvalue weighted by Gasteiger charge is 2.38. The second-order valence-corrected chi connectivity index (χ2v) is 6.06. The summed E-state index contributed by atoms with van der Waals surface area (Å²) in [5.74, 6) is -2.95. The van der Waals surface area contributed by atoms with E-state index < -0.39 is 18.0 Å². The van der Waals surface area contributed by atoms with Crippen LogP contribution >= 0.6 is 0 Å². The Morgan fingerprint density at radius 1 is 1.12 bits per heavy atom. The third-order valence-electron chi connectivity index (χ3n) is 3.82. The molecule has 1 aliphatic heterocycles. The molecule has 0 saturated carbocycles. The van der Waals surface area contributed by atoms with Crippen LogP contribution in [0.2, 0.25) is 0 Å². The Labute approximate surface area is 142 Å². The van der Waals surface area contributed by atoms with Crippen LogP contribution in [0.25, 0.3) is 0 Å². The van der Waals surface area contributed by atoms with E-state index in [0.717, 1.165) is 0 Å². The number of carbonyl (C=O) groups is 3. The molecule has 1 fully saturated rings. The molecule has 0 aromatic heterocycles. The fourth-order valence-corrected chi connectivity index (χ4v) is 2.49. The van der Waals surface area contributed by atoms with Crippen molar-refractivity contribution in [2.45, 2.75) is 32.5 Å². The monoisotopic (exact) mass is 357 g/mol. The lowest BCUT2D eigenvalue weighted by atomic mass is 10.1. The molecule has 1 atom stereocenters. The zero-order valence-corrected chi connectivity index (χ0v) is 13.7. The van der Waals surface area contributed by atoms with Gasteiger partial charge in [0.1, 0.15) is 0 Å². The van der Waals surface area contributed by atoms with Gasteiger partial charge in [0.2, 0.25) is 11.8 Å². The molecule has 0 aliphatic carbocycles. The topological polar surface area (TPSA) is 78.5 Å². The van der Waals surface area contributed by atoms with Crippen molar-refractivity contribution in [3.8, 4) is 0 Å². The Bertz CT molecular complexity index is 671. The first-order chi connectivity index (χ1) is 11.6. The molecule has 0 spiro atoms. The number of halogens is 3. The molecule has 25 heavy (non-hydrogen) atoms. The lowest BCUT2D eigenvalue weighted by Gasteiger charge is -2.20. The molecule has 1 unspecified atom stereocenters. The van der Waals surface area contributed by atoms with E-state index in [4.69, 9.17) is 0 Å². The number of likely N-dealkylation sites (tertiary alicyclic amines) is 1. The van der Waals surface area contributed by atoms with E-state index in [-0.39, 0.29) is 30.0 Å². The van der Waals surface area contributed by atoms with E-state index in [9.17, 15) is 27.6 Å².